The first-order valence-corrected chi connectivity index (χ1v) is 14.2. The van der Waals surface area contributed by atoms with Gasteiger partial charge in [0.05, 0.1) is 16.7 Å². The molecule has 1 aliphatic heterocycles. The van der Waals surface area contributed by atoms with Crippen molar-refractivity contribution in [1.29, 1.82) is 0 Å². The molecule has 4 N–H and O–H groups in total. The van der Waals surface area contributed by atoms with E-state index >= 15 is 4.39 Å². The quantitative estimate of drug-likeness (QED) is 0.294. The maximum atomic E-state index is 15.2. The first-order valence-electron chi connectivity index (χ1n) is 13.8. The fourth-order valence-electron chi connectivity index (χ4n) is 6.08. The number of carbonyl (C=O) groups excluding carboxylic acids is 1. The molecule has 1 aliphatic carbocycles. The number of piperidine rings is 1. The highest BCUT2D eigenvalue weighted by Gasteiger charge is 2.43. The standard InChI is InChI=1S/C28H45ClFN3O4/c1-31-18-22(17-20-10-12-23(34)13-11-20)32-27(35)33-15-6-7-21(19-33)28(36,14-3-4-16-37-2)24-8-5-9-25(29)26(24)30/h5,8-9,20-23,31,34,36H,3-4,6-7,10-19H2,1-2H3,(H,32,35)/t20-,21-,22+,23-,28+/m1/s1. The lowest BCUT2D eigenvalue weighted by atomic mass is 9.74. The summed E-state index contributed by atoms with van der Waals surface area (Å²) in [6.07, 6.45) is 7.48. The summed E-state index contributed by atoms with van der Waals surface area (Å²) in [5, 5.41) is 28.2. The van der Waals surface area contributed by atoms with Gasteiger partial charge in [-0.2, -0.15) is 0 Å². The van der Waals surface area contributed by atoms with Crippen LogP contribution < -0.4 is 10.6 Å². The molecule has 0 aromatic heterocycles. The first-order chi connectivity index (χ1) is 17.8. The van der Waals surface area contributed by atoms with Gasteiger partial charge < -0.3 is 30.5 Å². The molecular formula is C28H45ClFN3O4. The molecule has 0 spiro atoms. The Balaban J connectivity index is 1.70. The van der Waals surface area contributed by atoms with Crippen LogP contribution >= 0.6 is 11.6 Å². The van der Waals surface area contributed by atoms with E-state index in [9.17, 15) is 15.0 Å². The number of urea groups is 1. The summed E-state index contributed by atoms with van der Waals surface area (Å²) in [5.41, 5.74) is -1.23. The lowest BCUT2D eigenvalue weighted by molar-refractivity contribution is -0.0587. The molecule has 1 aromatic carbocycles. The number of aliphatic hydroxyl groups excluding tert-OH is 1. The van der Waals surface area contributed by atoms with Gasteiger partial charge in [-0.25, -0.2) is 9.18 Å². The number of nitrogens with one attached hydrogen (secondary N) is 2. The molecule has 0 bridgehead atoms. The van der Waals surface area contributed by atoms with Gasteiger partial charge in [-0.05, 0) is 83.2 Å². The van der Waals surface area contributed by atoms with Crippen LogP contribution in [-0.2, 0) is 10.3 Å². The van der Waals surface area contributed by atoms with E-state index in [4.69, 9.17) is 16.3 Å². The largest absolute Gasteiger partial charge is 0.393 e. The maximum absolute atomic E-state index is 15.2. The summed E-state index contributed by atoms with van der Waals surface area (Å²) < 4.78 is 20.3. The number of methoxy groups -OCH3 is 1. The summed E-state index contributed by atoms with van der Waals surface area (Å²) in [6.45, 7) is 2.18. The molecule has 2 amide bonds. The maximum Gasteiger partial charge on any atom is 0.317 e. The van der Waals surface area contributed by atoms with Crippen LogP contribution in [0.15, 0.2) is 18.2 Å². The molecule has 1 saturated heterocycles. The Hall–Kier alpha value is -1.45. The first kappa shape index (κ1) is 30.1. The number of amides is 2. The molecular weight excluding hydrogens is 497 g/mol. The Morgan fingerprint density at radius 2 is 2.03 bits per heavy atom. The minimum absolute atomic E-state index is 0.0108. The van der Waals surface area contributed by atoms with Crippen molar-refractivity contribution in [1.82, 2.24) is 15.5 Å². The van der Waals surface area contributed by atoms with Crippen molar-refractivity contribution in [3.05, 3.63) is 34.6 Å². The van der Waals surface area contributed by atoms with Crippen LogP contribution in [0.5, 0.6) is 0 Å². The molecule has 210 valence electrons. The summed E-state index contributed by atoms with van der Waals surface area (Å²) in [6, 6.07) is 4.60. The molecule has 1 aromatic rings. The fourth-order valence-corrected chi connectivity index (χ4v) is 6.25. The molecule has 0 unspecified atom stereocenters. The van der Waals surface area contributed by atoms with Crippen LogP contribution in [0.25, 0.3) is 0 Å². The van der Waals surface area contributed by atoms with Crippen molar-refractivity contribution < 1.29 is 24.1 Å². The van der Waals surface area contributed by atoms with Gasteiger partial charge in [0.15, 0.2) is 0 Å². The number of aliphatic hydroxyl groups is 2. The Kier molecular flexibility index (Phi) is 11.9. The molecule has 0 radical (unpaired) electrons. The molecule has 2 aliphatic rings. The lowest BCUT2D eigenvalue weighted by Crippen LogP contribution is -2.54. The van der Waals surface area contributed by atoms with E-state index in [-0.39, 0.29) is 34.7 Å². The second kappa shape index (κ2) is 14.6. The molecule has 1 saturated carbocycles. The SMILES string of the molecule is CNC[C@H](C[C@H]1CC[C@H](O)CC1)NC(=O)N1CCC[C@@H]([C@@](O)(CCCCOC)c2cccc(Cl)c2F)C1. The summed E-state index contributed by atoms with van der Waals surface area (Å²) in [7, 11) is 3.52. The van der Waals surface area contributed by atoms with E-state index in [2.05, 4.69) is 10.6 Å². The fraction of sp³-hybridized carbons (Fsp3) is 0.750. The van der Waals surface area contributed by atoms with Crippen LogP contribution in [0.3, 0.4) is 0 Å². The Morgan fingerprint density at radius 3 is 2.73 bits per heavy atom. The van der Waals surface area contributed by atoms with Crippen molar-refractivity contribution >= 4 is 17.6 Å². The molecule has 3 atom stereocenters. The van der Waals surface area contributed by atoms with Crippen LogP contribution in [-0.4, -0.2) is 73.7 Å². The average molecular weight is 542 g/mol. The van der Waals surface area contributed by atoms with E-state index in [1.54, 1.807) is 24.1 Å². The predicted octanol–water partition coefficient (Wildman–Crippen LogP) is 4.43. The van der Waals surface area contributed by atoms with E-state index in [1.807, 2.05) is 7.05 Å². The molecule has 1 heterocycles. The smallest absolute Gasteiger partial charge is 0.317 e. The van der Waals surface area contributed by atoms with E-state index in [0.717, 1.165) is 44.9 Å². The minimum Gasteiger partial charge on any atom is -0.393 e. The van der Waals surface area contributed by atoms with Crippen LogP contribution in [0.1, 0.15) is 69.8 Å². The zero-order chi connectivity index (χ0) is 26.8. The average Bonchev–Trinajstić information content (AvgIpc) is 2.89. The zero-order valence-corrected chi connectivity index (χ0v) is 23.1. The number of likely N-dealkylation sites (tertiary alicyclic amines) is 1. The van der Waals surface area contributed by atoms with Gasteiger partial charge in [0.2, 0.25) is 0 Å². The van der Waals surface area contributed by atoms with Crippen molar-refractivity contribution in [2.75, 3.05) is 40.4 Å². The number of likely N-dealkylation sites (N-methyl/N-ethyl adjacent to an activating group) is 1. The highest BCUT2D eigenvalue weighted by Crippen LogP contribution is 2.42. The number of benzene rings is 1. The molecule has 37 heavy (non-hydrogen) atoms. The Bertz CT molecular complexity index is 855. The lowest BCUT2D eigenvalue weighted by Gasteiger charge is -2.43. The van der Waals surface area contributed by atoms with E-state index in [0.29, 0.717) is 51.4 Å². The van der Waals surface area contributed by atoms with Gasteiger partial charge in [-0.3, -0.25) is 0 Å². The van der Waals surface area contributed by atoms with E-state index in [1.165, 1.54) is 6.07 Å². The highest BCUT2D eigenvalue weighted by atomic mass is 35.5. The predicted molar refractivity (Wildman–Crippen MR) is 144 cm³/mol. The third-order valence-electron chi connectivity index (χ3n) is 8.17. The highest BCUT2D eigenvalue weighted by molar-refractivity contribution is 6.30. The topological polar surface area (TPSA) is 94.1 Å². The number of rotatable bonds is 12. The second-order valence-electron chi connectivity index (χ2n) is 10.9. The summed E-state index contributed by atoms with van der Waals surface area (Å²) in [5.74, 6) is -0.420. The van der Waals surface area contributed by atoms with Gasteiger partial charge in [-0.15, -0.1) is 0 Å². The number of unbranched alkanes of at least 4 members (excludes halogenated alkanes) is 1. The number of halogens is 2. The number of nitrogens with zero attached hydrogens (tertiary/aromatic N) is 1. The van der Waals surface area contributed by atoms with Crippen molar-refractivity contribution in [2.45, 2.75) is 82.0 Å². The third kappa shape index (κ3) is 8.27. The zero-order valence-electron chi connectivity index (χ0n) is 22.4. The Morgan fingerprint density at radius 1 is 1.27 bits per heavy atom. The van der Waals surface area contributed by atoms with Crippen molar-refractivity contribution in [3.8, 4) is 0 Å². The van der Waals surface area contributed by atoms with Gasteiger partial charge in [0.25, 0.3) is 0 Å². The molecule has 9 heteroatoms. The van der Waals surface area contributed by atoms with Crippen molar-refractivity contribution in [3.63, 3.8) is 0 Å². The minimum atomic E-state index is -1.44. The number of hydrogen-bond acceptors (Lipinski definition) is 5. The van der Waals surface area contributed by atoms with Gasteiger partial charge >= 0.3 is 6.03 Å². The number of carbonyl (C=O) groups is 1. The number of hydrogen-bond donors (Lipinski definition) is 4. The normalized spacial score (nSPS) is 24.9. The van der Waals surface area contributed by atoms with Gasteiger partial charge in [-0.1, -0.05) is 23.7 Å². The summed E-state index contributed by atoms with van der Waals surface area (Å²) >= 11 is 6.10. The van der Waals surface area contributed by atoms with Crippen molar-refractivity contribution in [2.24, 2.45) is 11.8 Å². The van der Waals surface area contributed by atoms with Crippen LogP contribution in [0, 0.1) is 17.7 Å². The monoisotopic (exact) mass is 541 g/mol. The van der Waals surface area contributed by atoms with Crippen LogP contribution in [0.4, 0.5) is 9.18 Å². The van der Waals surface area contributed by atoms with Gasteiger partial charge in [0.1, 0.15) is 5.82 Å². The van der Waals surface area contributed by atoms with E-state index < -0.39 is 11.4 Å². The second-order valence-corrected chi connectivity index (χ2v) is 11.3. The van der Waals surface area contributed by atoms with Gasteiger partial charge in [0, 0.05) is 50.9 Å². The molecule has 3 rings (SSSR count). The van der Waals surface area contributed by atoms with Crippen LogP contribution in [0.2, 0.25) is 5.02 Å². The molecule has 2 fully saturated rings. The Labute approximate surface area is 226 Å². The molecule has 7 nitrogen and oxygen atoms in total. The summed E-state index contributed by atoms with van der Waals surface area (Å²) in [4.78, 5) is 15.1. The number of ether oxygens (including phenoxy) is 1. The third-order valence-corrected chi connectivity index (χ3v) is 8.46.